The summed E-state index contributed by atoms with van der Waals surface area (Å²) in [4.78, 5) is 26.5. The van der Waals surface area contributed by atoms with Gasteiger partial charge in [0.25, 0.3) is 5.91 Å². The molecule has 154 valence electrons. The fourth-order valence-corrected chi connectivity index (χ4v) is 3.88. The van der Waals surface area contributed by atoms with E-state index < -0.39 is 15.7 Å². The lowest BCUT2D eigenvalue weighted by Gasteiger charge is -2.15. The summed E-state index contributed by atoms with van der Waals surface area (Å²) in [5.74, 6) is -0.664. The van der Waals surface area contributed by atoms with Gasteiger partial charge in [0, 0.05) is 30.5 Å². The van der Waals surface area contributed by atoms with Crippen LogP contribution >= 0.6 is 0 Å². The molecule has 1 fully saturated rings. The van der Waals surface area contributed by atoms with Crippen molar-refractivity contribution in [3.8, 4) is 0 Å². The van der Waals surface area contributed by atoms with Gasteiger partial charge in [-0.25, -0.2) is 8.42 Å². The van der Waals surface area contributed by atoms with Gasteiger partial charge in [-0.15, -0.1) is 5.10 Å². The van der Waals surface area contributed by atoms with Crippen molar-refractivity contribution in [2.75, 3.05) is 23.0 Å². The molecule has 2 heterocycles. The number of anilines is 2. The molecular formula is C20H18N4O5S. The van der Waals surface area contributed by atoms with Gasteiger partial charge < -0.3 is 9.32 Å². The minimum absolute atomic E-state index is 0.0341. The van der Waals surface area contributed by atoms with Crippen molar-refractivity contribution in [1.29, 1.82) is 0 Å². The molecule has 4 rings (SSSR count). The molecule has 1 aliphatic heterocycles. The average Bonchev–Trinajstić information content (AvgIpc) is 3.34. The van der Waals surface area contributed by atoms with Crippen LogP contribution in [0.5, 0.6) is 0 Å². The van der Waals surface area contributed by atoms with Crippen LogP contribution in [-0.4, -0.2) is 43.2 Å². The largest absolute Gasteiger partial charge is 0.407 e. The van der Waals surface area contributed by atoms with Crippen molar-refractivity contribution in [2.24, 2.45) is 0 Å². The summed E-state index contributed by atoms with van der Waals surface area (Å²) in [7, 11) is -3.44. The van der Waals surface area contributed by atoms with Crippen LogP contribution in [0.3, 0.4) is 0 Å². The van der Waals surface area contributed by atoms with E-state index in [-0.39, 0.29) is 40.6 Å². The number of para-hydroxylation sites is 1. The maximum atomic E-state index is 12.4. The first-order chi connectivity index (χ1) is 14.3. The van der Waals surface area contributed by atoms with Crippen molar-refractivity contribution in [3.63, 3.8) is 0 Å². The molecule has 0 bridgehead atoms. The van der Waals surface area contributed by atoms with Crippen molar-refractivity contribution in [1.82, 2.24) is 10.2 Å². The summed E-state index contributed by atoms with van der Waals surface area (Å²) in [6.45, 7) is 0.398. The molecule has 0 saturated carbocycles. The smallest absolute Gasteiger partial charge is 0.322 e. The molecule has 0 spiro atoms. The molecule has 2 aromatic carbocycles. The molecule has 0 aliphatic carbocycles. The number of amides is 2. The topological polar surface area (TPSA) is 122 Å². The van der Waals surface area contributed by atoms with Crippen LogP contribution < -0.4 is 10.2 Å². The quantitative estimate of drug-likeness (QED) is 0.664. The molecule has 2 amide bonds. The maximum absolute atomic E-state index is 12.4. The van der Waals surface area contributed by atoms with Gasteiger partial charge in [-0.2, -0.15) is 0 Å². The molecule has 9 nitrogen and oxygen atoms in total. The van der Waals surface area contributed by atoms with Crippen LogP contribution in [0.4, 0.5) is 11.7 Å². The van der Waals surface area contributed by atoms with E-state index in [1.165, 1.54) is 24.3 Å². The van der Waals surface area contributed by atoms with Gasteiger partial charge in [0.2, 0.25) is 11.8 Å². The van der Waals surface area contributed by atoms with Gasteiger partial charge >= 0.3 is 6.01 Å². The van der Waals surface area contributed by atoms with Crippen LogP contribution in [0, 0.1) is 0 Å². The highest BCUT2D eigenvalue weighted by atomic mass is 32.2. The molecule has 1 aromatic heterocycles. The third kappa shape index (κ3) is 4.08. The van der Waals surface area contributed by atoms with E-state index in [4.69, 9.17) is 4.42 Å². The third-order valence-corrected chi connectivity index (χ3v) is 5.84. The molecule has 1 atom stereocenters. The lowest BCUT2D eigenvalue weighted by atomic mass is 10.1. The molecule has 0 radical (unpaired) electrons. The van der Waals surface area contributed by atoms with E-state index in [1.807, 2.05) is 30.3 Å². The Bertz CT molecular complexity index is 1210. The standard InChI is InChI=1S/C20H18N4O5S/c1-30(27,28)16-9-5-6-13(10-16)18(26)21-20-23-22-19(29-20)14-11-17(25)24(12-14)15-7-3-2-4-8-15/h2-10,14H,11-12H2,1H3,(H,21,23,26). The van der Waals surface area contributed by atoms with Crippen molar-refractivity contribution in [3.05, 3.63) is 66.1 Å². The normalized spacial score (nSPS) is 16.6. The number of benzene rings is 2. The number of hydrogen-bond donors (Lipinski definition) is 1. The first-order valence-corrected chi connectivity index (χ1v) is 11.0. The SMILES string of the molecule is CS(=O)(=O)c1cccc(C(=O)Nc2nnc(C3CC(=O)N(c4ccccc4)C3)o2)c1. The summed E-state index contributed by atoms with van der Waals surface area (Å²) in [6.07, 6.45) is 1.29. The first kappa shape index (κ1) is 19.8. The van der Waals surface area contributed by atoms with Crippen molar-refractivity contribution >= 4 is 33.4 Å². The molecule has 3 aromatic rings. The second kappa shape index (κ2) is 7.71. The highest BCUT2D eigenvalue weighted by molar-refractivity contribution is 7.90. The van der Waals surface area contributed by atoms with Gasteiger partial charge in [0.05, 0.1) is 10.8 Å². The zero-order chi connectivity index (χ0) is 21.3. The van der Waals surface area contributed by atoms with Gasteiger partial charge in [0.1, 0.15) is 0 Å². The Balaban J connectivity index is 1.46. The van der Waals surface area contributed by atoms with E-state index >= 15 is 0 Å². The molecule has 10 heteroatoms. The van der Waals surface area contributed by atoms with Gasteiger partial charge in [-0.05, 0) is 30.3 Å². The van der Waals surface area contributed by atoms with Gasteiger partial charge in [-0.1, -0.05) is 29.4 Å². The molecule has 1 saturated heterocycles. The Kier molecular flexibility index (Phi) is 5.08. The Labute approximate surface area is 172 Å². The minimum atomic E-state index is -3.44. The van der Waals surface area contributed by atoms with E-state index in [9.17, 15) is 18.0 Å². The molecular weight excluding hydrogens is 408 g/mol. The van der Waals surface area contributed by atoms with Crippen LogP contribution in [-0.2, 0) is 14.6 Å². The summed E-state index contributed by atoms with van der Waals surface area (Å²) >= 11 is 0. The fourth-order valence-electron chi connectivity index (χ4n) is 3.22. The second-order valence-electron chi connectivity index (χ2n) is 6.94. The zero-order valence-corrected chi connectivity index (χ0v) is 16.8. The third-order valence-electron chi connectivity index (χ3n) is 4.73. The number of carbonyl (C=O) groups is 2. The van der Waals surface area contributed by atoms with Crippen molar-refractivity contribution < 1.29 is 22.4 Å². The highest BCUT2D eigenvalue weighted by Crippen LogP contribution is 2.31. The number of aromatic nitrogens is 2. The maximum Gasteiger partial charge on any atom is 0.322 e. The molecule has 1 N–H and O–H groups in total. The van der Waals surface area contributed by atoms with E-state index in [0.29, 0.717) is 6.54 Å². The number of nitrogens with zero attached hydrogens (tertiary/aromatic N) is 3. The monoisotopic (exact) mass is 426 g/mol. The van der Waals surface area contributed by atoms with E-state index in [2.05, 4.69) is 15.5 Å². The highest BCUT2D eigenvalue weighted by Gasteiger charge is 2.35. The van der Waals surface area contributed by atoms with Crippen LogP contribution in [0.2, 0.25) is 0 Å². The summed E-state index contributed by atoms with van der Waals surface area (Å²) in [6, 6.07) is 14.8. The summed E-state index contributed by atoms with van der Waals surface area (Å²) in [5.41, 5.74) is 0.938. The lowest BCUT2D eigenvalue weighted by molar-refractivity contribution is -0.117. The molecule has 1 aliphatic rings. The van der Waals surface area contributed by atoms with Crippen LogP contribution in [0.25, 0.3) is 0 Å². The zero-order valence-electron chi connectivity index (χ0n) is 16.0. The lowest BCUT2D eigenvalue weighted by Crippen LogP contribution is -2.24. The molecule has 30 heavy (non-hydrogen) atoms. The Hall–Kier alpha value is -3.53. The Morgan fingerprint density at radius 3 is 2.63 bits per heavy atom. The van der Waals surface area contributed by atoms with Gasteiger partial charge in [-0.3, -0.25) is 14.9 Å². The number of nitrogens with one attached hydrogen (secondary N) is 1. The van der Waals surface area contributed by atoms with Gasteiger partial charge in [0.15, 0.2) is 9.84 Å². The summed E-state index contributed by atoms with van der Waals surface area (Å²) < 4.78 is 28.9. The Morgan fingerprint density at radius 1 is 1.13 bits per heavy atom. The van der Waals surface area contributed by atoms with Crippen LogP contribution in [0.1, 0.15) is 28.6 Å². The Morgan fingerprint density at radius 2 is 1.90 bits per heavy atom. The van der Waals surface area contributed by atoms with Crippen LogP contribution in [0.15, 0.2) is 63.9 Å². The van der Waals surface area contributed by atoms with E-state index in [0.717, 1.165) is 11.9 Å². The second-order valence-corrected chi connectivity index (χ2v) is 8.96. The van der Waals surface area contributed by atoms with Crippen molar-refractivity contribution in [2.45, 2.75) is 17.2 Å². The minimum Gasteiger partial charge on any atom is -0.407 e. The number of sulfone groups is 1. The fraction of sp³-hybridized carbons (Fsp3) is 0.200. The number of hydrogen-bond acceptors (Lipinski definition) is 7. The van der Waals surface area contributed by atoms with E-state index in [1.54, 1.807) is 4.90 Å². The summed E-state index contributed by atoms with van der Waals surface area (Å²) in [5, 5.41) is 10.2. The predicted octanol–water partition coefficient (Wildman–Crippen LogP) is 2.25. The first-order valence-electron chi connectivity index (χ1n) is 9.11. The number of carbonyl (C=O) groups excluding carboxylic acids is 2. The average molecular weight is 426 g/mol. The molecule has 1 unspecified atom stereocenters. The number of rotatable bonds is 5. The predicted molar refractivity (Wildman–Crippen MR) is 108 cm³/mol.